The van der Waals surface area contributed by atoms with Gasteiger partial charge in [-0.15, -0.1) is 0 Å². The SMILES string of the molecule is c1cnc(-n2cncn2)c(CNc2nccc(C3CCCC3)n2)c1. The second-order valence-corrected chi connectivity index (χ2v) is 5.97. The van der Waals surface area contributed by atoms with Crippen LogP contribution in [0.4, 0.5) is 5.95 Å². The van der Waals surface area contributed by atoms with Gasteiger partial charge in [-0.3, -0.25) is 0 Å². The van der Waals surface area contributed by atoms with Gasteiger partial charge in [0.05, 0.1) is 0 Å². The highest BCUT2D eigenvalue weighted by molar-refractivity contribution is 5.36. The van der Waals surface area contributed by atoms with Crippen molar-refractivity contribution in [3.63, 3.8) is 0 Å². The van der Waals surface area contributed by atoms with Gasteiger partial charge in [0.15, 0.2) is 5.82 Å². The van der Waals surface area contributed by atoms with Gasteiger partial charge in [0.1, 0.15) is 12.7 Å². The Labute approximate surface area is 140 Å². The third-order valence-corrected chi connectivity index (χ3v) is 4.39. The van der Waals surface area contributed by atoms with Gasteiger partial charge in [-0.25, -0.2) is 24.6 Å². The molecule has 7 nitrogen and oxygen atoms in total. The Balaban J connectivity index is 1.51. The maximum absolute atomic E-state index is 4.68. The number of hydrogen-bond donors (Lipinski definition) is 1. The molecule has 0 amide bonds. The second kappa shape index (κ2) is 6.74. The van der Waals surface area contributed by atoms with Crippen LogP contribution in [0.25, 0.3) is 5.82 Å². The lowest BCUT2D eigenvalue weighted by Crippen LogP contribution is -2.10. The van der Waals surface area contributed by atoms with E-state index in [1.165, 1.54) is 32.0 Å². The molecule has 7 heteroatoms. The summed E-state index contributed by atoms with van der Waals surface area (Å²) in [6.45, 7) is 0.581. The van der Waals surface area contributed by atoms with Crippen LogP contribution in [0.2, 0.25) is 0 Å². The molecule has 1 N–H and O–H groups in total. The van der Waals surface area contributed by atoms with Crippen molar-refractivity contribution in [1.29, 1.82) is 0 Å². The van der Waals surface area contributed by atoms with E-state index in [2.05, 4.69) is 30.4 Å². The van der Waals surface area contributed by atoms with Crippen molar-refractivity contribution in [2.75, 3.05) is 5.32 Å². The molecule has 3 aromatic heterocycles. The van der Waals surface area contributed by atoms with Crippen LogP contribution in [0.5, 0.6) is 0 Å². The van der Waals surface area contributed by atoms with E-state index in [1.54, 1.807) is 17.2 Å². The smallest absolute Gasteiger partial charge is 0.223 e. The predicted molar refractivity (Wildman–Crippen MR) is 89.7 cm³/mol. The van der Waals surface area contributed by atoms with Crippen molar-refractivity contribution in [3.8, 4) is 5.82 Å². The summed E-state index contributed by atoms with van der Waals surface area (Å²) in [6.07, 6.45) is 11.8. The zero-order valence-corrected chi connectivity index (χ0v) is 13.3. The Morgan fingerprint density at radius 3 is 2.88 bits per heavy atom. The molecule has 0 unspecified atom stereocenters. The molecule has 1 fully saturated rings. The van der Waals surface area contributed by atoms with Crippen molar-refractivity contribution in [1.82, 2.24) is 29.7 Å². The molecular weight excluding hydrogens is 302 g/mol. The molecule has 0 radical (unpaired) electrons. The minimum atomic E-state index is 0.581. The van der Waals surface area contributed by atoms with E-state index in [9.17, 15) is 0 Å². The first-order valence-electron chi connectivity index (χ1n) is 8.26. The average molecular weight is 321 g/mol. The topological polar surface area (TPSA) is 81.4 Å². The molecule has 4 rings (SSSR count). The standard InChI is InChI=1S/C17H19N7/c1-2-5-13(4-1)15-7-9-20-17(23-15)21-10-14-6-3-8-19-16(14)24-12-18-11-22-24/h3,6-9,11-13H,1-2,4-5,10H2,(H,20,21,23). The van der Waals surface area contributed by atoms with Crippen LogP contribution in [0, 0.1) is 0 Å². The van der Waals surface area contributed by atoms with Crippen LogP contribution in [-0.4, -0.2) is 29.7 Å². The van der Waals surface area contributed by atoms with Crippen LogP contribution >= 0.6 is 0 Å². The molecule has 1 aliphatic carbocycles. The molecule has 0 aromatic carbocycles. The van der Waals surface area contributed by atoms with Crippen LogP contribution < -0.4 is 5.32 Å². The van der Waals surface area contributed by atoms with E-state index in [4.69, 9.17) is 0 Å². The molecule has 0 atom stereocenters. The first kappa shape index (κ1) is 14.7. The molecular formula is C17H19N7. The minimum absolute atomic E-state index is 0.581. The van der Waals surface area contributed by atoms with E-state index in [0.717, 1.165) is 17.1 Å². The number of rotatable bonds is 5. The summed E-state index contributed by atoms with van der Waals surface area (Å²) in [5, 5.41) is 7.46. The van der Waals surface area contributed by atoms with Gasteiger partial charge in [-0.1, -0.05) is 18.9 Å². The summed E-state index contributed by atoms with van der Waals surface area (Å²) in [4.78, 5) is 17.4. The van der Waals surface area contributed by atoms with Gasteiger partial charge in [-0.2, -0.15) is 5.10 Å². The van der Waals surface area contributed by atoms with Gasteiger partial charge in [0.2, 0.25) is 5.95 Å². The van der Waals surface area contributed by atoms with E-state index in [1.807, 2.05) is 24.4 Å². The number of nitrogens with zero attached hydrogens (tertiary/aromatic N) is 6. The molecule has 3 aromatic rings. The Kier molecular flexibility index (Phi) is 4.14. The number of nitrogens with one attached hydrogen (secondary N) is 1. The molecule has 24 heavy (non-hydrogen) atoms. The quantitative estimate of drug-likeness (QED) is 0.778. The van der Waals surface area contributed by atoms with E-state index >= 15 is 0 Å². The van der Waals surface area contributed by atoms with Crippen molar-refractivity contribution in [2.24, 2.45) is 0 Å². The lowest BCUT2D eigenvalue weighted by atomic mass is 10.0. The Hall–Kier alpha value is -2.83. The number of pyridine rings is 1. The zero-order chi connectivity index (χ0) is 16.2. The molecule has 0 bridgehead atoms. The Bertz CT molecular complexity index is 794. The lowest BCUT2D eigenvalue weighted by molar-refractivity contribution is 0.694. The maximum Gasteiger partial charge on any atom is 0.223 e. The highest BCUT2D eigenvalue weighted by Gasteiger charge is 2.18. The number of hydrogen-bond acceptors (Lipinski definition) is 6. The van der Waals surface area contributed by atoms with Gasteiger partial charge in [0, 0.05) is 36.1 Å². The summed E-state index contributed by atoms with van der Waals surface area (Å²) in [6, 6.07) is 5.96. The third kappa shape index (κ3) is 3.10. The molecule has 1 saturated carbocycles. The lowest BCUT2D eigenvalue weighted by Gasteiger charge is -2.12. The minimum Gasteiger partial charge on any atom is -0.350 e. The fourth-order valence-electron chi connectivity index (χ4n) is 3.17. The Morgan fingerprint density at radius 2 is 2.04 bits per heavy atom. The van der Waals surface area contributed by atoms with Crippen LogP contribution in [0.1, 0.15) is 42.9 Å². The predicted octanol–water partition coefficient (Wildman–Crippen LogP) is 2.72. The summed E-state index contributed by atoms with van der Waals surface area (Å²) in [5.41, 5.74) is 2.16. The summed E-state index contributed by atoms with van der Waals surface area (Å²) in [5.74, 6) is 2.00. The maximum atomic E-state index is 4.68. The normalized spacial score (nSPS) is 14.8. The molecule has 3 heterocycles. The highest BCUT2D eigenvalue weighted by Crippen LogP contribution is 2.33. The fraction of sp³-hybridized carbons (Fsp3) is 0.353. The molecule has 0 aliphatic heterocycles. The molecule has 1 aliphatic rings. The largest absolute Gasteiger partial charge is 0.350 e. The van der Waals surface area contributed by atoms with E-state index < -0.39 is 0 Å². The molecule has 122 valence electrons. The fourth-order valence-corrected chi connectivity index (χ4v) is 3.17. The Morgan fingerprint density at radius 1 is 1.12 bits per heavy atom. The highest BCUT2D eigenvalue weighted by atomic mass is 15.3. The van der Waals surface area contributed by atoms with Crippen molar-refractivity contribution < 1.29 is 0 Å². The molecule has 0 spiro atoms. The average Bonchev–Trinajstić information content (AvgIpc) is 3.34. The van der Waals surface area contributed by atoms with Crippen LogP contribution in [-0.2, 0) is 6.54 Å². The first-order valence-corrected chi connectivity index (χ1v) is 8.26. The van der Waals surface area contributed by atoms with Crippen LogP contribution in [0.3, 0.4) is 0 Å². The van der Waals surface area contributed by atoms with Crippen molar-refractivity contribution >= 4 is 5.95 Å². The van der Waals surface area contributed by atoms with Crippen molar-refractivity contribution in [3.05, 3.63) is 54.5 Å². The van der Waals surface area contributed by atoms with Crippen LogP contribution in [0.15, 0.2) is 43.2 Å². The first-order chi connectivity index (χ1) is 11.9. The summed E-state index contributed by atoms with van der Waals surface area (Å²) < 4.78 is 1.66. The third-order valence-electron chi connectivity index (χ3n) is 4.39. The monoisotopic (exact) mass is 321 g/mol. The molecule has 0 saturated heterocycles. The summed E-state index contributed by atoms with van der Waals surface area (Å²) in [7, 11) is 0. The van der Waals surface area contributed by atoms with E-state index in [-0.39, 0.29) is 0 Å². The number of anilines is 1. The summed E-state index contributed by atoms with van der Waals surface area (Å²) >= 11 is 0. The van der Waals surface area contributed by atoms with E-state index in [0.29, 0.717) is 18.4 Å². The second-order valence-electron chi connectivity index (χ2n) is 5.97. The zero-order valence-electron chi connectivity index (χ0n) is 13.3. The number of aromatic nitrogens is 6. The van der Waals surface area contributed by atoms with Crippen molar-refractivity contribution in [2.45, 2.75) is 38.1 Å². The van der Waals surface area contributed by atoms with Gasteiger partial charge >= 0.3 is 0 Å². The van der Waals surface area contributed by atoms with Gasteiger partial charge < -0.3 is 5.32 Å². The van der Waals surface area contributed by atoms with Gasteiger partial charge in [0.25, 0.3) is 0 Å². The van der Waals surface area contributed by atoms with Gasteiger partial charge in [-0.05, 0) is 25.0 Å².